The van der Waals surface area contributed by atoms with E-state index in [0.717, 1.165) is 35.7 Å². The fourth-order valence-corrected chi connectivity index (χ4v) is 5.80. The summed E-state index contributed by atoms with van der Waals surface area (Å²) in [5, 5.41) is -0.487. The van der Waals surface area contributed by atoms with Gasteiger partial charge >= 0.3 is 6.36 Å². The molecule has 2 rings (SSSR count). The van der Waals surface area contributed by atoms with Crippen LogP contribution in [0.15, 0.2) is 35.7 Å². The maximum Gasteiger partial charge on any atom is 0.573 e. The Morgan fingerprint density at radius 2 is 1.64 bits per heavy atom. The quantitative estimate of drug-likeness (QED) is 0.810. The van der Waals surface area contributed by atoms with Crippen molar-refractivity contribution < 1.29 is 34.7 Å². The monoisotopic (exact) mass is 356 g/mol. The average Bonchev–Trinajstić information content (AvgIpc) is 2.44. The molecular weight excluding hydrogens is 345 g/mol. The Balaban J connectivity index is 2.33. The molecule has 0 N–H and O–H groups in total. The lowest BCUT2D eigenvalue weighted by Gasteiger charge is -2.15. The molecule has 0 radical (unpaired) electrons. The summed E-state index contributed by atoms with van der Waals surface area (Å²) < 4.78 is 87.4. The summed E-state index contributed by atoms with van der Waals surface area (Å²) in [7, 11) is -7.46. The highest BCUT2D eigenvalue weighted by molar-refractivity contribution is 7.97. The predicted molar refractivity (Wildman–Crippen MR) is 72.6 cm³/mol. The Labute approximate surface area is 125 Å². The Kier molecular flexibility index (Phi) is 4.26. The molecule has 1 unspecified atom stereocenters. The number of benzene rings is 1. The highest BCUT2D eigenvalue weighted by Crippen LogP contribution is 2.30. The molecule has 1 aromatic rings. The van der Waals surface area contributed by atoms with Crippen molar-refractivity contribution in [3.63, 3.8) is 0 Å². The maximum atomic E-state index is 12.1. The SMILES string of the molecule is O=S1(=O)C=CCS(=O)(=O)C(c2ccc(OC(F)(F)F)cc2)C1. The molecule has 1 heterocycles. The lowest BCUT2D eigenvalue weighted by molar-refractivity contribution is -0.274. The van der Waals surface area contributed by atoms with Gasteiger partial charge in [0.15, 0.2) is 19.7 Å². The summed E-state index contributed by atoms with van der Waals surface area (Å²) in [6, 6.07) is 4.13. The van der Waals surface area contributed by atoms with Crippen LogP contribution in [-0.4, -0.2) is 34.7 Å². The van der Waals surface area contributed by atoms with Crippen LogP contribution in [0.3, 0.4) is 0 Å². The summed E-state index contributed by atoms with van der Waals surface area (Å²) in [4.78, 5) is 0. The zero-order valence-electron chi connectivity index (χ0n) is 10.9. The summed E-state index contributed by atoms with van der Waals surface area (Å²) in [5.74, 6) is -1.61. The van der Waals surface area contributed by atoms with E-state index in [1.165, 1.54) is 0 Å². The highest BCUT2D eigenvalue weighted by atomic mass is 32.2. The molecule has 0 aromatic heterocycles. The molecule has 0 saturated heterocycles. The minimum atomic E-state index is -4.86. The molecule has 0 amide bonds. The maximum absolute atomic E-state index is 12.1. The van der Waals surface area contributed by atoms with Crippen LogP contribution >= 0.6 is 0 Å². The lowest BCUT2D eigenvalue weighted by atomic mass is 10.1. The first-order valence-corrected chi connectivity index (χ1v) is 9.38. The van der Waals surface area contributed by atoms with Crippen molar-refractivity contribution in [3.8, 4) is 5.75 Å². The molecule has 0 aliphatic carbocycles. The van der Waals surface area contributed by atoms with Gasteiger partial charge < -0.3 is 4.74 Å². The number of ether oxygens (including phenoxy) is 1. The van der Waals surface area contributed by atoms with Crippen LogP contribution in [0.2, 0.25) is 0 Å². The summed E-state index contributed by atoms with van der Waals surface area (Å²) in [5.41, 5.74) is 0.0989. The lowest BCUT2D eigenvalue weighted by Crippen LogP contribution is -2.21. The van der Waals surface area contributed by atoms with E-state index in [0.29, 0.717) is 0 Å². The van der Waals surface area contributed by atoms with Gasteiger partial charge in [-0.2, -0.15) is 0 Å². The molecule has 0 saturated carbocycles. The topological polar surface area (TPSA) is 77.5 Å². The van der Waals surface area contributed by atoms with E-state index in [9.17, 15) is 30.0 Å². The van der Waals surface area contributed by atoms with Crippen LogP contribution < -0.4 is 4.74 Å². The van der Waals surface area contributed by atoms with E-state index in [1.807, 2.05) is 0 Å². The standard InChI is InChI=1S/C12H11F3O5S2/c13-12(14,15)20-10-4-2-9(3-5-10)11-8-21(16,17)6-1-7-22(11,18)19/h1-6,11H,7-8H2. The van der Waals surface area contributed by atoms with Gasteiger partial charge in [0.05, 0.1) is 11.5 Å². The Morgan fingerprint density at radius 3 is 2.18 bits per heavy atom. The third kappa shape index (κ3) is 4.23. The smallest absolute Gasteiger partial charge is 0.406 e. The molecule has 1 atom stereocenters. The third-order valence-electron chi connectivity index (χ3n) is 2.93. The minimum Gasteiger partial charge on any atom is -0.406 e. The summed E-state index contributed by atoms with van der Waals surface area (Å²) in [6.45, 7) is 0. The molecular formula is C12H11F3O5S2. The number of hydrogen-bond acceptors (Lipinski definition) is 5. The van der Waals surface area contributed by atoms with Crippen molar-refractivity contribution in [1.29, 1.82) is 0 Å². The number of halogens is 3. The average molecular weight is 356 g/mol. The van der Waals surface area contributed by atoms with Gasteiger partial charge in [-0.15, -0.1) is 13.2 Å². The second-order valence-corrected chi connectivity index (χ2v) is 8.80. The van der Waals surface area contributed by atoms with Crippen molar-refractivity contribution in [3.05, 3.63) is 41.3 Å². The summed E-state index contributed by atoms with van der Waals surface area (Å²) >= 11 is 0. The van der Waals surface area contributed by atoms with Gasteiger partial charge in [0.2, 0.25) is 0 Å². The number of sulfone groups is 2. The van der Waals surface area contributed by atoms with Crippen molar-refractivity contribution in [2.75, 3.05) is 11.5 Å². The fourth-order valence-electron chi connectivity index (χ4n) is 1.99. The van der Waals surface area contributed by atoms with Gasteiger partial charge in [0.1, 0.15) is 11.0 Å². The first-order chi connectivity index (χ1) is 9.99. The second kappa shape index (κ2) is 5.58. The molecule has 10 heteroatoms. The van der Waals surface area contributed by atoms with Crippen LogP contribution in [0.5, 0.6) is 5.75 Å². The molecule has 122 valence electrons. The fraction of sp³-hybridized carbons (Fsp3) is 0.333. The largest absolute Gasteiger partial charge is 0.573 e. The van der Waals surface area contributed by atoms with Gasteiger partial charge in [-0.05, 0) is 17.7 Å². The van der Waals surface area contributed by atoms with E-state index < -0.39 is 48.5 Å². The Bertz CT molecular complexity index is 777. The third-order valence-corrected chi connectivity index (χ3v) is 6.51. The molecule has 1 aliphatic heterocycles. The minimum absolute atomic E-state index is 0.0989. The van der Waals surface area contributed by atoms with Gasteiger partial charge in [-0.1, -0.05) is 18.2 Å². The Hall–Kier alpha value is -1.55. The molecule has 0 fully saturated rings. The van der Waals surface area contributed by atoms with Crippen molar-refractivity contribution >= 4 is 19.7 Å². The normalized spacial score (nSPS) is 23.7. The van der Waals surface area contributed by atoms with E-state index in [1.54, 1.807) is 0 Å². The van der Waals surface area contributed by atoms with Crippen LogP contribution in [0.4, 0.5) is 13.2 Å². The molecule has 22 heavy (non-hydrogen) atoms. The van der Waals surface area contributed by atoms with Crippen molar-refractivity contribution in [2.24, 2.45) is 0 Å². The number of rotatable bonds is 2. The Morgan fingerprint density at radius 1 is 1.05 bits per heavy atom. The van der Waals surface area contributed by atoms with Crippen molar-refractivity contribution in [1.82, 2.24) is 0 Å². The first kappa shape index (κ1) is 16.8. The first-order valence-electron chi connectivity index (χ1n) is 5.95. The molecule has 0 bridgehead atoms. The van der Waals surface area contributed by atoms with Crippen LogP contribution in [0.1, 0.15) is 10.8 Å². The highest BCUT2D eigenvalue weighted by Gasteiger charge is 2.34. The molecule has 1 aliphatic rings. The number of alkyl halides is 3. The second-order valence-electron chi connectivity index (χ2n) is 4.64. The number of hydrogen-bond donors (Lipinski definition) is 0. The van der Waals surface area contributed by atoms with Gasteiger partial charge in [0.25, 0.3) is 0 Å². The van der Waals surface area contributed by atoms with Crippen LogP contribution in [0.25, 0.3) is 0 Å². The van der Waals surface area contributed by atoms with E-state index in [4.69, 9.17) is 0 Å². The van der Waals surface area contributed by atoms with Gasteiger partial charge in [-0.3, -0.25) is 0 Å². The van der Waals surface area contributed by atoms with E-state index in [-0.39, 0.29) is 5.56 Å². The van der Waals surface area contributed by atoms with E-state index >= 15 is 0 Å². The molecule has 1 aromatic carbocycles. The zero-order valence-corrected chi connectivity index (χ0v) is 12.6. The molecule has 5 nitrogen and oxygen atoms in total. The van der Waals surface area contributed by atoms with Crippen molar-refractivity contribution in [2.45, 2.75) is 11.6 Å². The van der Waals surface area contributed by atoms with Gasteiger partial charge in [0, 0.05) is 5.41 Å². The zero-order chi connectivity index (χ0) is 16.6. The van der Waals surface area contributed by atoms with Crippen LogP contribution in [-0.2, 0) is 19.7 Å². The molecule has 0 spiro atoms. The van der Waals surface area contributed by atoms with Gasteiger partial charge in [-0.25, -0.2) is 16.8 Å². The van der Waals surface area contributed by atoms with Crippen LogP contribution in [0, 0.1) is 0 Å². The van der Waals surface area contributed by atoms with E-state index in [2.05, 4.69) is 4.74 Å². The summed E-state index contributed by atoms with van der Waals surface area (Å²) in [6.07, 6.45) is -3.81. The predicted octanol–water partition coefficient (Wildman–Crippen LogP) is 1.98.